The molecule has 24 heavy (non-hydrogen) atoms. The molecule has 1 amide bonds. The summed E-state index contributed by atoms with van der Waals surface area (Å²) in [4.78, 5) is 28.5. The Balaban J connectivity index is 2.12. The number of ether oxygens (including phenoxy) is 1. The largest absolute Gasteiger partial charge is 0.449 e. The SMILES string of the molecule is CC(C)n1ncc2cc(C(=O)O[C@@H](C)C(=O)NC(C)(C)C)cnc21. The molecule has 0 fully saturated rings. The number of carbonyl (C=O) groups excluding carboxylic acids is 2. The van der Waals surface area contributed by atoms with Gasteiger partial charge in [-0.25, -0.2) is 14.5 Å². The van der Waals surface area contributed by atoms with Gasteiger partial charge in [0.25, 0.3) is 5.91 Å². The molecular weight excluding hydrogens is 308 g/mol. The Bertz CT molecular complexity index is 759. The average Bonchev–Trinajstić information content (AvgIpc) is 2.88. The van der Waals surface area contributed by atoms with E-state index in [0.717, 1.165) is 5.39 Å². The highest BCUT2D eigenvalue weighted by Crippen LogP contribution is 2.17. The van der Waals surface area contributed by atoms with Gasteiger partial charge in [0.05, 0.1) is 11.8 Å². The number of pyridine rings is 1. The van der Waals surface area contributed by atoms with E-state index in [1.807, 2.05) is 34.6 Å². The third-order valence-electron chi connectivity index (χ3n) is 3.31. The monoisotopic (exact) mass is 332 g/mol. The summed E-state index contributed by atoms with van der Waals surface area (Å²) in [6, 6.07) is 1.85. The van der Waals surface area contributed by atoms with Gasteiger partial charge in [0, 0.05) is 23.2 Å². The van der Waals surface area contributed by atoms with Crippen LogP contribution in [0.1, 0.15) is 57.9 Å². The Hall–Kier alpha value is -2.44. The summed E-state index contributed by atoms with van der Waals surface area (Å²) in [5.41, 5.74) is 0.616. The summed E-state index contributed by atoms with van der Waals surface area (Å²) in [5.74, 6) is -0.921. The van der Waals surface area contributed by atoms with Crippen LogP contribution in [0.15, 0.2) is 18.5 Å². The summed E-state index contributed by atoms with van der Waals surface area (Å²) in [6.07, 6.45) is 2.22. The van der Waals surface area contributed by atoms with Crippen LogP contribution in [-0.4, -0.2) is 38.3 Å². The van der Waals surface area contributed by atoms with Gasteiger partial charge in [0.15, 0.2) is 11.8 Å². The molecule has 0 saturated carbocycles. The van der Waals surface area contributed by atoms with Crippen molar-refractivity contribution in [2.75, 3.05) is 0 Å². The topological polar surface area (TPSA) is 86.1 Å². The number of hydrogen-bond donors (Lipinski definition) is 1. The zero-order valence-electron chi connectivity index (χ0n) is 15.0. The molecule has 7 heteroatoms. The minimum atomic E-state index is -0.884. The number of carbonyl (C=O) groups is 2. The van der Waals surface area contributed by atoms with Crippen LogP contribution in [-0.2, 0) is 9.53 Å². The molecule has 0 unspecified atom stereocenters. The van der Waals surface area contributed by atoms with Crippen LogP contribution in [0.5, 0.6) is 0 Å². The molecule has 2 heterocycles. The highest BCUT2D eigenvalue weighted by atomic mass is 16.5. The number of esters is 1. The molecular formula is C17H24N4O3. The summed E-state index contributed by atoms with van der Waals surface area (Å²) in [5, 5.41) is 7.79. The lowest BCUT2D eigenvalue weighted by Crippen LogP contribution is -2.46. The van der Waals surface area contributed by atoms with Gasteiger partial charge < -0.3 is 10.1 Å². The van der Waals surface area contributed by atoms with Crippen molar-refractivity contribution in [3.8, 4) is 0 Å². The van der Waals surface area contributed by atoms with Crippen molar-refractivity contribution in [1.29, 1.82) is 0 Å². The Morgan fingerprint density at radius 3 is 2.46 bits per heavy atom. The van der Waals surface area contributed by atoms with Crippen molar-refractivity contribution < 1.29 is 14.3 Å². The summed E-state index contributed by atoms with van der Waals surface area (Å²) < 4.78 is 7.01. The fraction of sp³-hybridized carbons (Fsp3) is 0.529. The lowest BCUT2D eigenvalue weighted by atomic mass is 10.1. The van der Waals surface area contributed by atoms with E-state index in [0.29, 0.717) is 11.2 Å². The smallest absolute Gasteiger partial charge is 0.340 e. The van der Waals surface area contributed by atoms with Gasteiger partial charge in [-0.1, -0.05) is 0 Å². The van der Waals surface area contributed by atoms with E-state index in [9.17, 15) is 9.59 Å². The van der Waals surface area contributed by atoms with Crippen molar-refractivity contribution in [3.05, 3.63) is 24.0 Å². The quantitative estimate of drug-likeness (QED) is 0.869. The zero-order chi connectivity index (χ0) is 18.1. The van der Waals surface area contributed by atoms with Crippen LogP contribution < -0.4 is 5.32 Å². The molecule has 0 radical (unpaired) electrons. The number of amides is 1. The van der Waals surface area contributed by atoms with Crippen LogP contribution in [0, 0.1) is 0 Å². The summed E-state index contributed by atoms with van der Waals surface area (Å²) in [7, 11) is 0. The molecule has 0 aromatic carbocycles. The van der Waals surface area contributed by atoms with Crippen LogP contribution in [0.4, 0.5) is 0 Å². The molecule has 2 aromatic heterocycles. The van der Waals surface area contributed by atoms with Gasteiger partial charge in [0.1, 0.15) is 0 Å². The molecule has 2 rings (SSSR count). The van der Waals surface area contributed by atoms with Crippen LogP contribution >= 0.6 is 0 Å². The maximum atomic E-state index is 12.2. The fourth-order valence-corrected chi connectivity index (χ4v) is 2.18. The third kappa shape index (κ3) is 4.10. The Kier molecular flexibility index (Phi) is 4.91. The lowest BCUT2D eigenvalue weighted by Gasteiger charge is -2.23. The van der Waals surface area contributed by atoms with E-state index in [2.05, 4.69) is 15.4 Å². The van der Waals surface area contributed by atoms with Crippen molar-refractivity contribution in [3.63, 3.8) is 0 Å². The molecule has 130 valence electrons. The van der Waals surface area contributed by atoms with Gasteiger partial charge in [0.2, 0.25) is 0 Å². The van der Waals surface area contributed by atoms with Crippen molar-refractivity contribution >= 4 is 22.9 Å². The molecule has 0 aliphatic carbocycles. The maximum Gasteiger partial charge on any atom is 0.340 e. The first kappa shape index (κ1) is 17.9. The predicted octanol–water partition coefficient (Wildman–Crippen LogP) is 2.47. The van der Waals surface area contributed by atoms with Crippen LogP contribution in [0.3, 0.4) is 0 Å². The van der Waals surface area contributed by atoms with Crippen molar-refractivity contribution in [2.24, 2.45) is 0 Å². The number of fused-ring (bicyclic) bond motifs is 1. The van der Waals surface area contributed by atoms with Gasteiger partial charge in [-0.3, -0.25) is 4.79 Å². The second kappa shape index (κ2) is 6.59. The molecule has 0 spiro atoms. The van der Waals surface area contributed by atoms with Gasteiger partial charge in [-0.15, -0.1) is 0 Å². The fourth-order valence-electron chi connectivity index (χ4n) is 2.18. The van der Waals surface area contributed by atoms with E-state index in [1.54, 1.807) is 23.9 Å². The number of nitrogens with zero attached hydrogens (tertiary/aromatic N) is 3. The molecule has 2 aromatic rings. The highest BCUT2D eigenvalue weighted by Gasteiger charge is 2.23. The van der Waals surface area contributed by atoms with E-state index in [4.69, 9.17) is 4.74 Å². The van der Waals surface area contributed by atoms with E-state index >= 15 is 0 Å². The van der Waals surface area contributed by atoms with Crippen LogP contribution in [0.25, 0.3) is 11.0 Å². The number of nitrogens with one attached hydrogen (secondary N) is 1. The first-order chi connectivity index (χ1) is 11.1. The van der Waals surface area contributed by atoms with Crippen molar-refractivity contribution in [1.82, 2.24) is 20.1 Å². The molecule has 0 aliphatic heterocycles. The average molecular weight is 332 g/mol. The Morgan fingerprint density at radius 2 is 1.88 bits per heavy atom. The summed E-state index contributed by atoms with van der Waals surface area (Å²) in [6.45, 7) is 11.1. The molecule has 0 saturated heterocycles. The molecule has 0 bridgehead atoms. The van der Waals surface area contributed by atoms with Crippen molar-refractivity contribution in [2.45, 2.75) is 59.2 Å². The number of aromatic nitrogens is 3. The highest BCUT2D eigenvalue weighted by molar-refractivity contribution is 5.94. The van der Waals surface area contributed by atoms with E-state index in [-0.39, 0.29) is 17.5 Å². The third-order valence-corrected chi connectivity index (χ3v) is 3.31. The van der Waals surface area contributed by atoms with Gasteiger partial charge >= 0.3 is 5.97 Å². The normalized spacial score (nSPS) is 13.1. The predicted molar refractivity (Wildman–Crippen MR) is 90.7 cm³/mol. The lowest BCUT2D eigenvalue weighted by molar-refractivity contribution is -0.130. The maximum absolute atomic E-state index is 12.2. The minimum absolute atomic E-state index is 0.175. The first-order valence-electron chi connectivity index (χ1n) is 7.95. The summed E-state index contributed by atoms with van der Waals surface area (Å²) >= 11 is 0. The second-order valence-electron chi connectivity index (χ2n) is 7.11. The van der Waals surface area contributed by atoms with Crippen LogP contribution in [0.2, 0.25) is 0 Å². The first-order valence-corrected chi connectivity index (χ1v) is 7.95. The second-order valence-corrected chi connectivity index (χ2v) is 7.11. The minimum Gasteiger partial charge on any atom is -0.449 e. The zero-order valence-corrected chi connectivity index (χ0v) is 15.0. The molecule has 0 aliphatic rings. The Morgan fingerprint density at radius 1 is 1.21 bits per heavy atom. The Labute approximate surface area is 141 Å². The standard InChI is InChI=1S/C17H24N4O3/c1-10(2)21-14-12(9-19-21)7-13(8-18-14)16(23)24-11(3)15(22)20-17(4,5)6/h7-11H,1-6H3,(H,20,22)/t11-/m0/s1. The van der Waals surface area contributed by atoms with Gasteiger partial charge in [-0.05, 0) is 47.6 Å². The van der Waals surface area contributed by atoms with E-state index < -0.39 is 12.1 Å². The molecule has 1 atom stereocenters. The molecule has 1 N–H and O–H groups in total. The number of rotatable bonds is 4. The molecule has 7 nitrogen and oxygen atoms in total. The van der Waals surface area contributed by atoms with E-state index in [1.165, 1.54) is 6.20 Å². The van der Waals surface area contributed by atoms with Gasteiger partial charge in [-0.2, -0.15) is 5.10 Å². The number of hydrogen-bond acceptors (Lipinski definition) is 5.